The molecule has 1 N–H and O–H groups in total. The van der Waals surface area contributed by atoms with E-state index in [0.717, 1.165) is 21.2 Å². The van der Waals surface area contributed by atoms with E-state index < -0.39 is 0 Å². The summed E-state index contributed by atoms with van der Waals surface area (Å²) in [5, 5.41) is 4.87. The molecule has 0 radical (unpaired) electrons. The van der Waals surface area contributed by atoms with Crippen molar-refractivity contribution in [2.24, 2.45) is 0 Å². The fourth-order valence-electron chi connectivity index (χ4n) is 1.95. The Kier molecular flexibility index (Phi) is 3.56. The van der Waals surface area contributed by atoms with Gasteiger partial charge in [-0.05, 0) is 23.6 Å². The predicted molar refractivity (Wildman–Crippen MR) is 82.7 cm³/mol. The smallest absolute Gasteiger partial charge is 0.130 e. The first-order valence-corrected chi connectivity index (χ1v) is 6.98. The van der Waals surface area contributed by atoms with E-state index in [1.807, 2.05) is 19.2 Å². The lowest BCUT2D eigenvalue weighted by Gasteiger charge is -2.23. The van der Waals surface area contributed by atoms with E-state index in [4.69, 9.17) is 11.6 Å². The Morgan fingerprint density at radius 2 is 1.94 bits per heavy atom. The van der Waals surface area contributed by atoms with Gasteiger partial charge in [0.2, 0.25) is 0 Å². The van der Waals surface area contributed by atoms with E-state index in [1.54, 1.807) is 0 Å². The normalized spacial score (nSPS) is 11.9. The minimum Gasteiger partial charge on any atom is -0.373 e. The Labute approximate surface area is 121 Å². The number of aromatic nitrogens is 1. The van der Waals surface area contributed by atoms with Crippen LogP contribution in [0.4, 0.5) is 5.82 Å². The number of hydrogen-bond acceptors (Lipinski definition) is 2. The molecule has 18 heavy (non-hydrogen) atoms. The van der Waals surface area contributed by atoms with E-state index in [9.17, 15) is 0 Å². The van der Waals surface area contributed by atoms with Crippen molar-refractivity contribution in [1.82, 2.24) is 4.98 Å². The Hall–Kier alpha value is -0.800. The van der Waals surface area contributed by atoms with Gasteiger partial charge in [-0.3, -0.25) is 0 Å². The molecule has 1 heterocycles. The van der Waals surface area contributed by atoms with Gasteiger partial charge in [-0.1, -0.05) is 48.3 Å². The summed E-state index contributed by atoms with van der Waals surface area (Å²) >= 11 is 9.77. The van der Waals surface area contributed by atoms with Crippen LogP contribution in [0.15, 0.2) is 22.7 Å². The van der Waals surface area contributed by atoms with Crippen LogP contribution in [-0.2, 0) is 5.41 Å². The topological polar surface area (TPSA) is 24.9 Å². The van der Waals surface area contributed by atoms with Gasteiger partial charge in [0, 0.05) is 22.5 Å². The molecular weight excluding hydrogens is 312 g/mol. The summed E-state index contributed by atoms with van der Waals surface area (Å²) in [5.74, 6) is 0.884. The van der Waals surface area contributed by atoms with E-state index in [1.165, 1.54) is 5.56 Å². The second-order valence-corrected chi connectivity index (χ2v) is 6.57. The molecule has 2 aromatic rings. The Balaban J connectivity index is 2.86. The highest BCUT2D eigenvalue weighted by Crippen LogP contribution is 2.36. The summed E-state index contributed by atoms with van der Waals surface area (Å²) in [5.41, 5.74) is 2.03. The maximum absolute atomic E-state index is 6.21. The molecule has 0 fully saturated rings. The summed E-state index contributed by atoms with van der Waals surface area (Å²) in [6.07, 6.45) is 0. The minimum atomic E-state index is 0.0291. The molecule has 1 aromatic carbocycles. The standard InChI is InChI=1S/C14H16BrClN2/c1-14(2,3)9-7-8-10(15)5-6-11(16)12(8)18-13(9)17-4/h5-7H,1-4H3,(H,17,18). The SMILES string of the molecule is CNc1nc2c(Cl)ccc(Br)c2cc1C(C)(C)C. The first kappa shape index (κ1) is 13.6. The molecule has 0 aliphatic heterocycles. The van der Waals surface area contributed by atoms with Crippen molar-refractivity contribution in [3.63, 3.8) is 0 Å². The molecule has 0 unspecified atom stereocenters. The molecule has 2 rings (SSSR count). The number of benzene rings is 1. The number of nitrogens with zero attached hydrogens (tertiary/aromatic N) is 1. The maximum Gasteiger partial charge on any atom is 0.130 e. The number of rotatable bonds is 1. The van der Waals surface area contributed by atoms with Crippen molar-refractivity contribution in [3.8, 4) is 0 Å². The van der Waals surface area contributed by atoms with Crippen LogP contribution in [0.25, 0.3) is 10.9 Å². The molecular formula is C14H16BrClN2. The number of anilines is 1. The fourth-order valence-corrected chi connectivity index (χ4v) is 2.60. The van der Waals surface area contributed by atoms with Crippen LogP contribution >= 0.6 is 27.5 Å². The van der Waals surface area contributed by atoms with Gasteiger partial charge < -0.3 is 5.32 Å². The van der Waals surface area contributed by atoms with Crippen LogP contribution in [0.5, 0.6) is 0 Å². The Morgan fingerprint density at radius 3 is 2.50 bits per heavy atom. The summed E-state index contributed by atoms with van der Waals surface area (Å²) in [7, 11) is 1.88. The highest BCUT2D eigenvalue weighted by atomic mass is 79.9. The third kappa shape index (κ3) is 2.34. The maximum atomic E-state index is 6.21. The molecule has 0 bridgehead atoms. The summed E-state index contributed by atoms with van der Waals surface area (Å²) in [4.78, 5) is 4.65. The number of halogens is 2. The highest BCUT2D eigenvalue weighted by Gasteiger charge is 2.20. The molecule has 0 aliphatic carbocycles. The van der Waals surface area contributed by atoms with Crippen molar-refractivity contribution in [3.05, 3.63) is 33.3 Å². The molecule has 0 atom stereocenters. The van der Waals surface area contributed by atoms with E-state index >= 15 is 0 Å². The fraction of sp³-hybridized carbons (Fsp3) is 0.357. The van der Waals surface area contributed by atoms with Crippen LogP contribution in [0.2, 0.25) is 5.02 Å². The zero-order chi connectivity index (χ0) is 13.5. The second kappa shape index (κ2) is 4.71. The van der Waals surface area contributed by atoms with Gasteiger partial charge in [-0.25, -0.2) is 4.98 Å². The molecule has 0 amide bonds. The molecule has 0 aliphatic rings. The Bertz CT molecular complexity index is 603. The van der Waals surface area contributed by atoms with Crippen molar-refractivity contribution in [2.75, 3.05) is 12.4 Å². The van der Waals surface area contributed by atoms with Crippen molar-refractivity contribution in [2.45, 2.75) is 26.2 Å². The lowest BCUT2D eigenvalue weighted by molar-refractivity contribution is 0.591. The first-order chi connectivity index (χ1) is 8.34. The Morgan fingerprint density at radius 1 is 1.28 bits per heavy atom. The monoisotopic (exact) mass is 326 g/mol. The lowest BCUT2D eigenvalue weighted by Crippen LogP contribution is -2.15. The lowest BCUT2D eigenvalue weighted by atomic mass is 9.86. The quantitative estimate of drug-likeness (QED) is 0.798. The van der Waals surface area contributed by atoms with E-state index in [-0.39, 0.29) is 5.41 Å². The van der Waals surface area contributed by atoms with Crippen LogP contribution in [-0.4, -0.2) is 12.0 Å². The van der Waals surface area contributed by atoms with Crippen molar-refractivity contribution >= 4 is 44.3 Å². The minimum absolute atomic E-state index is 0.0291. The molecule has 0 saturated heterocycles. The second-order valence-electron chi connectivity index (χ2n) is 5.31. The first-order valence-electron chi connectivity index (χ1n) is 5.81. The number of hydrogen-bond donors (Lipinski definition) is 1. The molecule has 0 spiro atoms. The van der Waals surface area contributed by atoms with Gasteiger partial charge in [-0.2, -0.15) is 0 Å². The largest absolute Gasteiger partial charge is 0.373 e. The van der Waals surface area contributed by atoms with E-state index in [2.05, 4.69) is 53.1 Å². The van der Waals surface area contributed by atoms with Crippen LogP contribution < -0.4 is 5.32 Å². The van der Waals surface area contributed by atoms with Gasteiger partial charge in [0.25, 0.3) is 0 Å². The number of fused-ring (bicyclic) bond motifs is 1. The molecule has 0 saturated carbocycles. The van der Waals surface area contributed by atoms with Gasteiger partial charge in [0.05, 0.1) is 10.5 Å². The molecule has 4 heteroatoms. The molecule has 96 valence electrons. The highest BCUT2D eigenvalue weighted by molar-refractivity contribution is 9.10. The van der Waals surface area contributed by atoms with E-state index in [0.29, 0.717) is 5.02 Å². The summed E-state index contributed by atoms with van der Waals surface area (Å²) in [6, 6.07) is 5.97. The van der Waals surface area contributed by atoms with Crippen molar-refractivity contribution in [1.29, 1.82) is 0 Å². The summed E-state index contributed by atoms with van der Waals surface area (Å²) < 4.78 is 1.02. The zero-order valence-corrected chi connectivity index (χ0v) is 13.3. The predicted octanol–water partition coefficient (Wildman–Crippen LogP) is 4.99. The van der Waals surface area contributed by atoms with Gasteiger partial charge in [0.15, 0.2) is 0 Å². The number of pyridine rings is 1. The zero-order valence-electron chi connectivity index (χ0n) is 10.9. The summed E-state index contributed by atoms with van der Waals surface area (Å²) in [6.45, 7) is 6.53. The van der Waals surface area contributed by atoms with Crippen LogP contribution in [0, 0.1) is 0 Å². The van der Waals surface area contributed by atoms with Gasteiger partial charge in [0.1, 0.15) is 5.82 Å². The van der Waals surface area contributed by atoms with Crippen LogP contribution in [0.1, 0.15) is 26.3 Å². The number of nitrogens with one attached hydrogen (secondary N) is 1. The van der Waals surface area contributed by atoms with Gasteiger partial charge >= 0.3 is 0 Å². The average Bonchev–Trinajstić information content (AvgIpc) is 2.31. The van der Waals surface area contributed by atoms with Crippen LogP contribution in [0.3, 0.4) is 0 Å². The third-order valence-corrected chi connectivity index (χ3v) is 3.92. The van der Waals surface area contributed by atoms with Crippen molar-refractivity contribution < 1.29 is 0 Å². The third-order valence-electron chi connectivity index (χ3n) is 2.93. The van der Waals surface area contributed by atoms with Gasteiger partial charge in [-0.15, -0.1) is 0 Å². The average molecular weight is 328 g/mol. The molecule has 1 aromatic heterocycles. The molecule has 2 nitrogen and oxygen atoms in total.